The third-order valence-corrected chi connectivity index (χ3v) is 5.78. The summed E-state index contributed by atoms with van der Waals surface area (Å²) < 4.78 is 1.96. The Kier molecular flexibility index (Phi) is 3.47. The normalized spacial score (nSPS) is 17.4. The summed E-state index contributed by atoms with van der Waals surface area (Å²) in [6.45, 7) is 2.88. The van der Waals surface area contributed by atoms with Crippen molar-refractivity contribution in [1.82, 2.24) is 24.8 Å². The van der Waals surface area contributed by atoms with E-state index in [4.69, 9.17) is 4.98 Å². The summed E-state index contributed by atoms with van der Waals surface area (Å²) >= 11 is 3.22. The van der Waals surface area contributed by atoms with Crippen LogP contribution in [0.2, 0.25) is 0 Å². The summed E-state index contributed by atoms with van der Waals surface area (Å²) in [5, 5.41) is 11.1. The molecule has 1 aliphatic heterocycles. The van der Waals surface area contributed by atoms with Crippen LogP contribution in [0.25, 0.3) is 4.96 Å². The molecule has 120 valence electrons. The Morgan fingerprint density at radius 1 is 1.48 bits per heavy atom. The van der Waals surface area contributed by atoms with Crippen molar-refractivity contribution >= 4 is 33.5 Å². The van der Waals surface area contributed by atoms with Gasteiger partial charge in [-0.25, -0.2) is 9.50 Å². The molecule has 1 atom stereocenters. The van der Waals surface area contributed by atoms with Crippen LogP contribution in [0.1, 0.15) is 37.7 Å². The molecule has 0 saturated heterocycles. The molecular weight excluding hydrogens is 330 g/mol. The fourth-order valence-corrected chi connectivity index (χ4v) is 4.64. The zero-order chi connectivity index (χ0) is 16.1. The number of fused-ring (bicyclic) bond motifs is 3. The number of hydrogen-bond donors (Lipinski definition) is 1. The Morgan fingerprint density at radius 2 is 2.30 bits per heavy atom. The third-order valence-electron chi connectivity index (χ3n) is 3.96. The maximum atomic E-state index is 12.1. The molecule has 3 aromatic heterocycles. The molecule has 1 amide bonds. The zero-order valence-corrected chi connectivity index (χ0v) is 14.8. The molecule has 0 aliphatic carbocycles. The molecule has 0 radical (unpaired) electrons. The number of aryl methyl sites for hydroxylation is 1. The fraction of sp³-hybridized carbons (Fsp3) is 0.400. The number of hydrogen-bond acceptors (Lipinski definition) is 6. The molecule has 8 heteroatoms. The van der Waals surface area contributed by atoms with Gasteiger partial charge >= 0.3 is 0 Å². The van der Waals surface area contributed by atoms with Crippen molar-refractivity contribution in [3.63, 3.8) is 0 Å². The van der Waals surface area contributed by atoms with Crippen LogP contribution < -0.4 is 5.32 Å². The summed E-state index contributed by atoms with van der Waals surface area (Å²) in [5.74, 6) is 0.0338. The highest BCUT2D eigenvalue weighted by Crippen LogP contribution is 2.34. The highest BCUT2D eigenvalue weighted by molar-refractivity contribution is 7.16. The van der Waals surface area contributed by atoms with E-state index in [9.17, 15) is 4.79 Å². The topological polar surface area (TPSA) is 62.5 Å². The molecular formula is C15H17N5OS2. The van der Waals surface area contributed by atoms with Gasteiger partial charge < -0.3 is 10.2 Å². The lowest BCUT2D eigenvalue weighted by atomic mass is 10.0. The quantitative estimate of drug-likeness (QED) is 0.771. The monoisotopic (exact) mass is 347 g/mol. The molecule has 4 heterocycles. The van der Waals surface area contributed by atoms with E-state index in [0.29, 0.717) is 0 Å². The first kappa shape index (κ1) is 14.8. The number of rotatable bonds is 2. The van der Waals surface area contributed by atoms with Crippen LogP contribution in [-0.4, -0.2) is 46.0 Å². The van der Waals surface area contributed by atoms with E-state index in [1.807, 2.05) is 22.9 Å². The smallest absolute Gasteiger partial charge is 0.254 e. The molecule has 0 fully saturated rings. The predicted molar refractivity (Wildman–Crippen MR) is 91.5 cm³/mol. The van der Waals surface area contributed by atoms with Gasteiger partial charge in [0.15, 0.2) is 0 Å². The SMILES string of the molecule is Cc1nn2c3c(nc2s1)CCNC3c1cc(C(=O)N(C)C)cs1. The molecule has 0 bridgehead atoms. The number of carbonyl (C=O) groups is 1. The minimum Gasteiger partial charge on any atom is -0.345 e. The van der Waals surface area contributed by atoms with Gasteiger partial charge in [0.2, 0.25) is 4.96 Å². The molecule has 0 saturated carbocycles. The van der Waals surface area contributed by atoms with Crippen molar-refractivity contribution in [3.05, 3.63) is 38.3 Å². The molecule has 23 heavy (non-hydrogen) atoms. The molecule has 0 aromatic carbocycles. The van der Waals surface area contributed by atoms with Gasteiger partial charge in [0.25, 0.3) is 5.91 Å². The third kappa shape index (κ3) is 2.37. The molecule has 1 aliphatic rings. The maximum Gasteiger partial charge on any atom is 0.254 e. The molecule has 1 N–H and O–H groups in total. The number of nitrogens with one attached hydrogen (secondary N) is 1. The minimum absolute atomic E-state index is 0.0338. The van der Waals surface area contributed by atoms with Crippen LogP contribution in [0.15, 0.2) is 11.4 Å². The van der Waals surface area contributed by atoms with Crippen molar-refractivity contribution < 1.29 is 4.79 Å². The lowest BCUT2D eigenvalue weighted by Gasteiger charge is -2.22. The number of nitrogens with zero attached hydrogens (tertiary/aromatic N) is 4. The summed E-state index contributed by atoms with van der Waals surface area (Å²) in [6, 6.07) is 2.03. The Morgan fingerprint density at radius 3 is 3.09 bits per heavy atom. The van der Waals surface area contributed by atoms with Gasteiger partial charge in [-0.3, -0.25) is 4.79 Å². The molecule has 1 unspecified atom stereocenters. The highest BCUT2D eigenvalue weighted by atomic mass is 32.1. The van der Waals surface area contributed by atoms with E-state index < -0.39 is 0 Å². The summed E-state index contributed by atoms with van der Waals surface area (Å²) in [4.78, 5) is 20.5. The Hall–Kier alpha value is -1.77. The van der Waals surface area contributed by atoms with Crippen LogP contribution in [0.3, 0.4) is 0 Å². The van der Waals surface area contributed by atoms with E-state index >= 15 is 0 Å². The Balaban J connectivity index is 1.78. The lowest BCUT2D eigenvalue weighted by Crippen LogP contribution is -2.31. The van der Waals surface area contributed by atoms with Crippen LogP contribution in [0.4, 0.5) is 0 Å². The molecule has 0 spiro atoms. The molecule has 6 nitrogen and oxygen atoms in total. The second-order valence-electron chi connectivity index (χ2n) is 5.83. The largest absolute Gasteiger partial charge is 0.345 e. The molecule has 4 rings (SSSR count). The Labute approximate surface area is 141 Å². The van der Waals surface area contributed by atoms with Gasteiger partial charge in [-0.15, -0.1) is 11.3 Å². The number of carbonyl (C=O) groups excluding carboxylic acids is 1. The van der Waals surface area contributed by atoms with Gasteiger partial charge in [-0.05, 0) is 13.0 Å². The maximum absolute atomic E-state index is 12.1. The average molecular weight is 347 g/mol. The van der Waals surface area contributed by atoms with E-state index in [2.05, 4.69) is 10.4 Å². The second-order valence-corrected chi connectivity index (χ2v) is 7.94. The van der Waals surface area contributed by atoms with E-state index in [0.717, 1.165) is 44.8 Å². The Bertz CT molecular complexity index is 891. The summed E-state index contributed by atoms with van der Waals surface area (Å²) in [5.41, 5.74) is 2.96. The van der Waals surface area contributed by atoms with Crippen molar-refractivity contribution in [1.29, 1.82) is 0 Å². The molecule has 3 aromatic rings. The average Bonchev–Trinajstić information content (AvgIpc) is 3.19. The van der Waals surface area contributed by atoms with Crippen molar-refractivity contribution in [2.75, 3.05) is 20.6 Å². The van der Waals surface area contributed by atoms with Crippen molar-refractivity contribution in [2.45, 2.75) is 19.4 Å². The standard InChI is InChI=1S/C15H17N5OS2/c1-8-18-20-13-10(17-15(20)23-8)4-5-16-12(13)11-6-9(7-22-11)14(21)19(2)3/h6-7,12,16H,4-5H2,1-3H3. The first-order valence-corrected chi connectivity index (χ1v) is 9.12. The van der Waals surface area contributed by atoms with E-state index in [-0.39, 0.29) is 11.9 Å². The van der Waals surface area contributed by atoms with Gasteiger partial charge in [0, 0.05) is 37.3 Å². The number of amides is 1. The lowest BCUT2D eigenvalue weighted by molar-refractivity contribution is 0.0828. The number of thiophene rings is 1. The van der Waals surface area contributed by atoms with Crippen LogP contribution in [-0.2, 0) is 6.42 Å². The predicted octanol–water partition coefficient (Wildman–Crippen LogP) is 2.10. The number of imidazole rings is 1. The second kappa shape index (κ2) is 5.40. The highest BCUT2D eigenvalue weighted by Gasteiger charge is 2.29. The first-order valence-electron chi connectivity index (χ1n) is 7.43. The van der Waals surface area contributed by atoms with E-state index in [1.54, 1.807) is 41.7 Å². The first-order chi connectivity index (χ1) is 11.0. The number of aromatic nitrogens is 3. The van der Waals surface area contributed by atoms with Crippen LogP contribution in [0.5, 0.6) is 0 Å². The zero-order valence-electron chi connectivity index (χ0n) is 13.2. The van der Waals surface area contributed by atoms with E-state index in [1.165, 1.54) is 0 Å². The van der Waals surface area contributed by atoms with Crippen molar-refractivity contribution in [3.8, 4) is 0 Å². The van der Waals surface area contributed by atoms with Gasteiger partial charge in [0.1, 0.15) is 5.01 Å². The van der Waals surface area contributed by atoms with Gasteiger partial charge in [0.05, 0.1) is 23.0 Å². The van der Waals surface area contributed by atoms with Crippen LogP contribution in [0, 0.1) is 6.92 Å². The fourth-order valence-electron chi connectivity index (χ4n) is 2.92. The summed E-state index contributed by atoms with van der Waals surface area (Å²) in [7, 11) is 3.55. The van der Waals surface area contributed by atoms with Gasteiger partial charge in [-0.2, -0.15) is 5.10 Å². The minimum atomic E-state index is 0.0338. The summed E-state index contributed by atoms with van der Waals surface area (Å²) in [6.07, 6.45) is 0.913. The van der Waals surface area contributed by atoms with Gasteiger partial charge in [-0.1, -0.05) is 11.3 Å². The van der Waals surface area contributed by atoms with Crippen molar-refractivity contribution in [2.24, 2.45) is 0 Å². The van der Waals surface area contributed by atoms with Crippen LogP contribution >= 0.6 is 22.7 Å².